The number of rotatable bonds is 6. The van der Waals surface area contributed by atoms with E-state index in [1.54, 1.807) is 24.7 Å². The van der Waals surface area contributed by atoms with Gasteiger partial charge in [-0.05, 0) is 54.2 Å². The van der Waals surface area contributed by atoms with Crippen LogP contribution in [-0.2, 0) is 12.8 Å². The quantitative estimate of drug-likeness (QED) is 0.390. The van der Waals surface area contributed by atoms with E-state index >= 15 is 0 Å². The van der Waals surface area contributed by atoms with E-state index in [2.05, 4.69) is 22.1 Å². The first-order valence-electron chi connectivity index (χ1n) is 11.6. The molecule has 5 nitrogen and oxygen atoms in total. The Hall–Kier alpha value is -3.80. The Balaban J connectivity index is 1.25. The van der Waals surface area contributed by atoms with Gasteiger partial charge in [0.2, 0.25) is 0 Å². The van der Waals surface area contributed by atoms with Crippen molar-refractivity contribution in [3.05, 3.63) is 119 Å². The van der Waals surface area contributed by atoms with Gasteiger partial charge in [0.1, 0.15) is 11.6 Å². The molecule has 3 heterocycles. The third-order valence-electron chi connectivity index (χ3n) is 6.19. The van der Waals surface area contributed by atoms with Gasteiger partial charge in [0, 0.05) is 31.9 Å². The van der Waals surface area contributed by atoms with Crippen LogP contribution in [0.4, 0.5) is 4.39 Å². The van der Waals surface area contributed by atoms with Crippen molar-refractivity contribution in [2.75, 3.05) is 13.1 Å². The Bertz CT molecular complexity index is 1270. The van der Waals surface area contributed by atoms with Crippen LogP contribution >= 0.6 is 0 Å². The van der Waals surface area contributed by atoms with Gasteiger partial charge in [0.05, 0.1) is 17.7 Å². The van der Waals surface area contributed by atoms with Gasteiger partial charge in [0.25, 0.3) is 5.91 Å². The highest BCUT2D eigenvalue weighted by Crippen LogP contribution is 2.28. The number of aromatic nitrogens is 2. The largest absolute Gasteiger partial charge is 0.445 e. The summed E-state index contributed by atoms with van der Waals surface area (Å²) in [6.45, 7) is 1.26. The van der Waals surface area contributed by atoms with Crippen molar-refractivity contribution in [2.24, 2.45) is 0 Å². The first-order chi connectivity index (χ1) is 16.6. The highest BCUT2D eigenvalue weighted by molar-refractivity contribution is 5.94. The van der Waals surface area contributed by atoms with Crippen molar-refractivity contribution in [1.82, 2.24) is 14.9 Å². The first kappa shape index (κ1) is 22.0. The monoisotopic (exact) mass is 455 g/mol. The number of hydrogen-bond acceptors (Lipinski definition) is 4. The molecule has 0 spiro atoms. The summed E-state index contributed by atoms with van der Waals surface area (Å²) < 4.78 is 19.6. The number of benzene rings is 2. The molecule has 6 heteroatoms. The molecule has 4 aromatic rings. The van der Waals surface area contributed by atoms with Crippen LogP contribution < -0.4 is 0 Å². The molecule has 1 aliphatic heterocycles. The standard InChI is InChI=1S/C28H26FN3O2/c29-25-10-4-8-21(14-25)12-22-13-24(17-30-16-22)28(33)32-11-5-9-23(19-32)27-31-18-26(34-27)15-20-6-2-1-3-7-20/h1-4,6-8,10,13-14,16-18,23H,5,9,11-12,15,19H2/t23-/m1/s1. The number of hydrogen-bond donors (Lipinski definition) is 0. The molecule has 0 radical (unpaired) electrons. The number of oxazole rings is 1. The van der Waals surface area contributed by atoms with E-state index in [1.807, 2.05) is 35.2 Å². The Labute approximate surface area is 198 Å². The van der Waals surface area contributed by atoms with Gasteiger partial charge in [-0.2, -0.15) is 0 Å². The highest BCUT2D eigenvalue weighted by atomic mass is 19.1. The second kappa shape index (κ2) is 10.00. The van der Waals surface area contributed by atoms with Crippen LogP contribution in [0.5, 0.6) is 0 Å². The van der Waals surface area contributed by atoms with Gasteiger partial charge >= 0.3 is 0 Å². The van der Waals surface area contributed by atoms with E-state index in [-0.39, 0.29) is 17.6 Å². The van der Waals surface area contributed by atoms with Gasteiger partial charge in [-0.3, -0.25) is 9.78 Å². The van der Waals surface area contributed by atoms with E-state index in [4.69, 9.17) is 4.42 Å². The molecule has 1 saturated heterocycles. The fraction of sp³-hybridized carbons (Fsp3) is 0.250. The summed E-state index contributed by atoms with van der Waals surface area (Å²) in [4.78, 5) is 23.9. The van der Waals surface area contributed by atoms with Crippen molar-refractivity contribution in [3.63, 3.8) is 0 Å². The van der Waals surface area contributed by atoms with Crippen LogP contribution in [0, 0.1) is 5.82 Å². The predicted octanol–water partition coefficient (Wildman–Crippen LogP) is 5.41. The van der Waals surface area contributed by atoms with Crippen LogP contribution in [0.25, 0.3) is 0 Å². The number of carbonyl (C=O) groups excluding carboxylic acids is 1. The number of amides is 1. The first-order valence-corrected chi connectivity index (χ1v) is 11.6. The predicted molar refractivity (Wildman–Crippen MR) is 127 cm³/mol. The summed E-state index contributed by atoms with van der Waals surface area (Å²) in [5, 5.41) is 0. The summed E-state index contributed by atoms with van der Waals surface area (Å²) in [6.07, 6.45) is 8.17. The fourth-order valence-corrected chi connectivity index (χ4v) is 4.52. The average molecular weight is 456 g/mol. The summed E-state index contributed by atoms with van der Waals surface area (Å²) in [5.41, 5.74) is 3.45. The molecule has 0 bridgehead atoms. The molecule has 1 aliphatic rings. The molecule has 1 fully saturated rings. The topological polar surface area (TPSA) is 59.2 Å². The summed E-state index contributed by atoms with van der Waals surface area (Å²) >= 11 is 0. The summed E-state index contributed by atoms with van der Waals surface area (Å²) in [7, 11) is 0. The van der Waals surface area contributed by atoms with Crippen LogP contribution in [0.15, 0.2) is 83.7 Å². The molecule has 172 valence electrons. The van der Waals surface area contributed by atoms with Gasteiger partial charge in [-0.15, -0.1) is 0 Å². The van der Waals surface area contributed by atoms with Crippen LogP contribution in [0.1, 0.15) is 57.5 Å². The van der Waals surface area contributed by atoms with E-state index in [0.29, 0.717) is 37.4 Å². The van der Waals surface area contributed by atoms with Crippen molar-refractivity contribution in [1.29, 1.82) is 0 Å². The number of pyridine rings is 1. The minimum atomic E-state index is -0.268. The van der Waals surface area contributed by atoms with Crippen LogP contribution in [0.2, 0.25) is 0 Å². The second-order valence-electron chi connectivity index (χ2n) is 8.81. The van der Waals surface area contributed by atoms with Crippen molar-refractivity contribution >= 4 is 5.91 Å². The Kier molecular flexibility index (Phi) is 6.47. The van der Waals surface area contributed by atoms with Crippen molar-refractivity contribution < 1.29 is 13.6 Å². The Morgan fingerprint density at radius 3 is 2.68 bits per heavy atom. The molecule has 34 heavy (non-hydrogen) atoms. The van der Waals surface area contributed by atoms with Crippen molar-refractivity contribution in [2.45, 2.75) is 31.6 Å². The lowest BCUT2D eigenvalue weighted by Gasteiger charge is -2.31. The lowest BCUT2D eigenvalue weighted by Crippen LogP contribution is -2.39. The van der Waals surface area contributed by atoms with Gasteiger partial charge < -0.3 is 9.32 Å². The number of piperidine rings is 1. The molecule has 1 amide bonds. The molecule has 2 aromatic heterocycles. The average Bonchev–Trinajstić information content (AvgIpc) is 3.33. The molecule has 0 saturated carbocycles. The molecular weight excluding hydrogens is 429 g/mol. The SMILES string of the molecule is O=C(c1cncc(Cc2cccc(F)c2)c1)N1CCC[C@@H](c2ncc(Cc3ccccc3)o2)C1. The second-order valence-corrected chi connectivity index (χ2v) is 8.81. The maximum Gasteiger partial charge on any atom is 0.255 e. The highest BCUT2D eigenvalue weighted by Gasteiger charge is 2.28. The molecule has 2 aromatic carbocycles. The molecule has 0 N–H and O–H groups in total. The Morgan fingerprint density at radius 1 is 0.971 bits per heavy atom. The van der Waals surface area contributed by atoms with Crippen molar-refractivity contribution in [3.8, 4) is 0 Å². The fourth-order valence-electron chi connectivity index (χ4n) is 4.52. The van der Waals surface area contributed by atoms with Gasteiger partial charge in [-0.1, -0.05) is 42.5 Å². The number of halogens is 1. The minimum absolute atomic E-state index is 0.0469. The smallest absolute Gasteiger partial charge is 0.255 e. The maximum absolute atomic E-state index is 13.5. The summed E-state index contributed by atoms with van der Waals surface area (Å²) in [6, 6.07) is 18.5. The maximum atomic E-state index is 13.5. The molecule has 0 aliphatic carbocycles. The normalized spacial score (nSPS) is 15.9. The van der Waals surface area contributed by atoms with Crippen LogP contribution in [-0.4, -0.2) is 33.9 Å². The Morgan fingerprint density at radius 2 is 1.82 bits per heavy atom. The lowest BCUT2D eigenvalue weighted by molar-refractivity contribution is 0.0697. The molecular formula is C28H26FN3O2. The minimum Gasteiger partial charge on any atom is -0.445 e. The molecule has 1 atom stereocenters. The van der Waals surface area contributed by atoms with E-state index in [0.717, 1.165) is 29.7 Å². The number of likely N-dealkylation sites (tertiary alicyclic amines) is 1. The van der Waals surface area contributed by atoms with E-state index < -0.39 is 0 Å². The number of carbonyl (C=O) groups is 1. The third kappa shape index (κ3) is 5.22. The molecule has 0 unspecified atom stereocenters. The molecule has 5 rings (SSSR count). The number of nitrogens with zero attached hydrogens (tertiary/aromatic N) is 3. The third-order valence-corrected chi connectivity index (χ3v) is 6.19. The van der Waals surface area contributed by atoms with Crippen LogP contribution in [0.3, 0.4) is 0 Å². The summed E-state index contributed by atoms with van der Waals surface area (Å²) in [5.74, 6) is 1.29. The van der Waals surface area contributed by atoms with Gasteiger partial charge in [-0.25, -0.2) is 9.37 Å². The lowest BCUT2D eigenvalue weighted by atomic mass is 9.97. The zero-order valence-electron chi connectivity index (χ0n) is 18.9. The zero-order chi connectivity index (χ0) is 23.3. The van der Waals surface area contributed by atoms with E-state index in [1.165, 1.54) is 17.7 Å². The van der Waals surface area contributed by atoms with E-state index in [9.17, 15) is 9.18 Å². The van der Waals surface area contributed by atoms with Gasteiger partial charge in [0.15, 0.2) is 5.89 Å². The zero-order valence-corrected chi connectivity index (χ0v) is 18.9.